The van der Waals surface area contributed by atoms with Crippen LogP contribution in [0, 0.1) is 5.41 Å². The molecule has 3 nitrogen and oxygen atoms in total. The van der Waals surface area contributed by atoms with Gasteiger partial charge in [0.25, 0.3) is 0 Å². The van der Waals surface area contributed by atoms with Crippen molar-refractivity contribution in [3.05, 3.63) is 29.9 Å². The molecule has 0 aromatic carbocycles. The molecule has 90 valence electrons. The maximum absolute atomic E-state index is 12.0. The Morgan fingerprint density at radius 3 is 2.82 bits per heavy atom. The van der Waals surface area contributed by atoms with E-state index >= 15 is 0 Å². The van der Waals surface area contributed by atoms with Crippen molar-refractivity contribution in [3.8, 4) is 10.7 Å². The van der Waals surface area contributed by atoms with Crippen molar-refractivity contribution >= 4 is 17.1 Å². The second-order valence-corrected chi connectivity index (χ2v) is 5.98. The normalized spacial score (nSPS) is 11.7. The number of rotatable bonds is 3. The maximum Gasteiger partial charge on any atom is 0.157 e. The topological polar surface area (TPSA) is 34.9 Å². The summed E-state index contributed by atoms with van der Waals surface area (Å²) >= 11 is 1.63. The third-order valence-corrected chi connectivity index (χ3v) is 3.47. The van der Waals surface area contributed by atoms with Gasteiger partial charge in [0, 0.05) is 17.8 Å². The van der Waals surface area contributed by atoms with Gasteiger partial charge in [-0.15, -0.1) is 11.3 Å². The van der Waals surface area contributed by atoms with Crippen molar-refractivity contribution in [3.63, 3.8) is 0 Å². The Bertz CT molecular complexity index is 506. The van der Waals surface area contributed by atoms with Crippen LogP contribution in [0.3, 0.4) is 0 Å². The van der Waals surface area contributed by atoms with E-state index in [2.05, 4.69) is 4.98 Å². The molecule has 0 atom stereocenters. The highest BCUT2D eigenvalue weighted by molar-refractivity contribution is 7.13. The lowest BCUT2D eigenvalue weighted by atomic mass is 9.91. The standard InChI is InChI=1S/C13H16N2OS/c1-13(2,3)11(16)9-15-7-6-14-12(15)10-5-4-8-17-10/h4-8H,9H2,1-3H3. The van der Waals surface area contributed by atoms with Gasteiger partial charge in [-0.25, -0.2) is 4.98 Å². The number of Topliss-reactive ketones (excluding diaryl/α,β-unsaturated/α-hetero) is 1. The van der Waals surface area contributed by atoms with Crippen LogP contribution in [-0.2, 0) is 11.3 Å². The average Bonchev–Trinajstić information content (AvgIpc) is 2.83. The fourth-order valence-corrected chi connectivity index (χ4v) is 2.20. The predicted molar refractivity (Wildman–Crippen MR) is 70.0 cm³/mol. The number of carbonyl (C=O) groups is 1. The van der Waals surface area contributed by atoms with Gasteiger partial charge in [-0.2, -0.15) is 0 Å². The molecule has 0 unspecified atom stereocenters. The molecule has 2 aromatic rings. The lowest BCUT2D eigenvalue weighted by Gasteiger charge is -2.17. The zero-order valence-electron chi connectivity index (χ0n) is 10.3. The lowest BCUT2D eigenvalue weighted by Crippen LogP contribution is -2.25. The van der Waals surface area contributed by atoms with E-state index < -0.39 is 0 Å². The molecule has 0 aliphatic carbocycles. The molecule has 0 bridgehead atoms. The van der Waals surface area contributed by atoms with E-state index in [9.17, 15) is 4.79 Å². The molecule has 0 spiro atoms. The molecule has 0 amide bonds. The van der Waals surface area contributed by atoms with Crippen LogP contribution in [-0.4, -0.2) is 15.3 Å². The molecular formula is C13H16N2OS. The molecule has 0 N–H and O–H groups in total. The Hall–Kier alpha value is -1.42. The summed E-state index contributed by atoms with van der Waals surface area (Å²) in [5, 5.41) is 2.01. The highest BCUT2D eigenvalue weighted by Gasteiger charge is 2.22. The summed E-state index contributed by atoms with van der Waals surface area (Å²) in [6.45, 7) is 6.21. The van der Waals surface area contributed by atoms with Gasteiger partial charge in [-0.1, -0.05) is 26.8 Å². The summed E-state index contributed by atoms with van der Waals surface area (Å²) in [6, 6.07) is 4.01. The van der Waals surface area contributed by atoms with Gasteiger partial charge in [0.1, 0.15) is 5.82 Å². The summed E-state index contributed by atoms with van der Waals surface area (Å²) in [5.41, 5.74) is -0.309. The van der Waals surface area contributed by atoms with Crippen molar-refractivity contribution in [1.29, 1.82) is 0 Å². The second kappa shape index (κ2) is 4.45. The lowest BCUT2D eigenvalue weighted by molar-refractivity contribution is -0.126. The summed E-state index contributed by atoms with van der Waals surface area (Å²) in [6.07, 6.45) is 3.60. The molecule has 2 heterocycles. The van der Waals surface area contributed by atoms with E-state index in [0.717, 1.165) is 10.7 Å². The molecule has 2 rings (SSSR count). The fourth-order valence-electron chi connectivity index (χ4n) is 1.46. The number of hydrogen-bond acceptors (Lipinski definition) is 3. The Balaban J connectivity index is 2.24. The van der Waals surface area contributed by atoms with Gasteiger partial charge >= 0.3 is 0 Å². The quantitative estimate of drug-likeness (QED) is 0.836. The molecule has 0 aliphatic heterocycles. The van der Waals surface area contributed by atoms with Crippen molar-refractivity contribution in [2.24, 2.45) is 5.41 Å². The highest BCUT2D eigenvalue weighted by Crippen LogP contribution is 2.24. The Kier molecular flexibility index (Phi) is 3.15. The van der Waals surface area contributed by atoms with Crippen molar-refractivity contribution < 1.29 is 4.79 Å². The number of imidazole rings is 1. The number of aromatic nitrogens is 2. The molecule has 0 aliphatic rings. The van der Waals surface area contributed by atoms with Crippen molar-refractivity contribution in [2.75, 3.05) is 0 Å². The molecule has 4 heteroatoms. The Labute approximate surface area is 105 Å². The molecular weight excluding hydrogens is 232 g/mol. The molecule has 0 saturated heterocycles. The zero-order chi connectivity index (χ0) is 12.5. The van der Waals surface area contributed by atoms with Gasteiger partial charge in [-0.05, 0) is 11.4 Å². The van der Waals surface area contributed by atoms with Crippen LogP contribution in [0.25, 0.3) is 10.7 Å². The average molecular weight is 248 g/mol. The van der Waals surface area contributed by atoms with Crippen LogP contribution in [0.4, 0.5) is 0 Å². The van der Waals surface area contributed by atoms with Crippen LogP contribution in [0.15, 0.2) is 29.9 Å². The number of carbonyl (C=O) groups excluding carboxylic acids is 1. The van der Waals surface area contributed by atoms with Crippen LogP contribution in [0.1, 0.15) is 20.8 Å². The first-order valence-electron chi connectivity index (χ1n) is 5.57. The van der Waals surface area contributed by atoms with Gasteiger partial charge in [-0.3, -0.25) is 4.79 Å². The second-order valence-electron chi connectivity index (χ2n) is 5.03. The van der Waals surface area contributed by atoms with E-state index in [-0.39, 0.29) is 11.2 Å². The van der Waals surface area contributed by atoms with E-state index in [1.807, 2.05) is 49.0 Å². The van der Waals surface area contributed by atoms with E-state index in [1.54, 1.807) is 17.5 Å². The largest absolute Gasteiger partial charge is 0.323 e. The van der Waals surface area contributed by atoms with E-state index in [4.69, 9.17) is 0 Å². The van der Waals surface area contributed by atoms with Gasteiger partial charge < -0.3 is 4.57 Å². The molecule has 17 heavy (non-hydrogen) atoms. The summed E-state index contributed by atoms with van der Waals surface area (Å²) in [4.78, 5) is 17.4. The van der Waals surface area contributed by atoms with Gasteiger partial charge in [0.05, 0.1) is 11.4 Å². The number of thiophene rings is 1. The smallest absolute Gasteiger partial charge is 0.157 e. The van der Waals surface area contributed by atoms with Crippen LogP contribution >= 0.6 is 11.3 Å². The van der Waals surface area contributed by atoms with E-state index in [0.29, 0.717) is 6.54 Å². The number of nitrogens with zero attached hydrogens (tertiary/aromatic N) is 2. The number of hydrogen-bond donors (Lipinski definition) is 0. The van der Waals surface area contributed by atoms with Crippen molar-refractivity contribution in [2.45, 2.75) is 27.3 Å². The third-order valence-electron chi connectivity index (χ3n) is 2.61. The maximum atomic E-state index is 12.0. The summed E-state index contributed by atoms with van der Waals surface area (Å²) in [5.74, 6) is 1.09. The molecule has 0 saturated carbocycles. The SMILES string of the molecule is CC(C)(C)C(=O)Cn1ccnc1-c1cccs1. The minimum absolute atomic E-state index is 0.216. The predicted octanol–water partition coefficient (Wildman–Crippen LogP) is 3.23. The Morgan fingerprint density at radius 2 is 2.24 bits per heavy atom. The first kappa shape index (κ1) is 12.0. The zero-order valence-corrected chi connectivity index (χ0v) is 11.1. The number of ketones is 1. The molecule has 2 aromatic heterocycles. The first-order chi connectivity index (χ1) is 7.98. The highest BCUT2D eigenvalue weighted by atomic mass is 32.1. The molecule has 0 radical (unpaired) electrons. The van der Waals surface area contributed by atoms with Crippen LogP contribution in [0.2, 0.25) is 0 Å². The summed E-state index contributed by atoms with van der Waals surface area (Å²) < 4.78 is 1.92. The minimum atomic E-state index is -0.309. The third kappa shape index (κ3) is 2.64. The monoisotopic (exact) mass is 248 g/mol. The van der Waals surface area contributed by atoms with Crippen molar-refractivity contribution in [1.82, 2.24) is 9.55 Å². The Morgan fingerprint density at radius 1 is 1.47 bits per heavy atom. The van der Waals surface area contributed by atoms with Crippen LogP contribution in [0.5, 0.6) is 0 Å². The van der Waals surface area contributed by atoms with Gasteiger partial charge in [0.2, 0.25) is 0 Å². The van der Waals surface area contributed by atoms with Gasteiger partial charge in [0.15, 0.2) is 5.78 Å². The van der Waals surface area contributed by atoms with Crippen LogP contribution < -0.4 is 0 Å². The molecule has 0 fully saturated rings. The summed E-state index contributed by atoms with van der Waals surface area (Å²) in [7, 11) is 0. The van der Waals surface area contributed by atoms with E-state index in [1.165, 1.54) is 0 Å². The first-order valence-corrected chi connectivity index (χ1v) is 6.45. The fraction of sp³-hybridized carbons (Fsp3) is 0.385. The minimum Gasteiger partial charge on any atom is -0.323 e.